The van der Waals surface area contributed by atoms with Gasteiger partial charge >= 0.3 is 0 Å². The van der Waals surface area contributed by atoms with E-state index in [1.807, 2.05) is 0 Å². The van der Waals surface area contributed by atoms with Crippen molar-refractivity contribution in [3.63, 3.8) is 0 Å². The summed E-state index contributed by atoms with van der Waals surface area (Å²) in [6.07, 6.45) is 5.04. The lowest BCUT2D eigenvalue weighted by molar-refractivity contribution is -0.126. The second kappa shape index (κ2) is 4.27. The van der Waals surface area contributed by atoms with Gasteiger partial charge in [0.1, 0.15) is 0 Å². The van der Waals surface area contributed by atoms with E-state index in [1.54, 1.807) is 0 Å². The van der Waals surface area contributed by atoms with Crippen molar-refractivity contribution in [2.75, 3.05) is 6.61 Å². The molecule has 2 aliphatic rings. The highest BCUT2D eigenvalue weighted by molar-refractivity contribution is 5.83. The molecule has 0 heterocycles. The summed E-state index contributed by atoms with van der Waals surface area (Å²) in [5.41, 5.74) is -0.162. The summed E-state index contributed by atoms with van der Waals surface area (Å²) in [5, 5.41) is 12.7. The number of nitrogens with one attached hydrogen (secondary N) is 1. The van der Waals surface area contributed by atoms with E-state index in [2.05, 4.69) is 26.1 Å². The predicted octanol–water partition coefficient (Wildman–Crippen LogP) is 2.09. The van der Waals surface area contributed by atoms with E-state index >= 15 is 0 Å². The number of hydrogen-bond donors (Lipinski definition) is 2. The van der Waals surface area contributed by atoms with Crippen molar-refractivity contribution in [2.24, 2.45) is 17.3 Å². The van der Waals surface area contributed by atoms with Crippen molar-refractivity contribution in [3.05, 3.63) is 0 Å². The van der Waals surface area contributed by atoms with Gasteiger partial charge in [-0.3, -0.25) is 4.79 Å². The predicted molar refractivity (Wildman–Crippen MR) is 67.5 cm³/mol. The molecule has 0 spiro atoms. The Kier molecular flexibility index (Phi) is 3.23. The Bertz CT molecular complexity index is 303. The first kappa shape index (κ1) is 12.9. The molecular formula is C14H25NO2. The third-order valence-electron chi connectivity index (χ3n) is 4.75. The lowest BCUT2D eigenvalue weighted by atomic mass is 9.77. The highest BCUT2D eigenvalue weighted by atomic mass is 16.3. The van der Waals surface area contributed by atoms with Crippen LogP contribution in [0.25, 0.3) is 0 Å². The second-order valence-electron chi connectivity index (χ2n) is 6.86. The Labute approximate surface area is 104 Å². The normalized spacial score (nSPS) is 39.8. The molecule has 17 heavy (non-hydrogen) atoms. The van der Waals surface area contributed by atoms with Crippen molar-refractivity contribution >= 4 is 5.91 Å². The van der Waals surface area contributed by atoms with E-state index in [4.69, 9.17) is 0 Å². The monoisotopic (exact) mass is 239 g/mol. The number of amides is 1. The smallest absolute Gasteiger partial charge is 0.224 e. The minimum Gasteiger partial charge on any atom is -0.394 e. The van der Waals surface area contributed by atoms with E-state index in [0.717, 1.165) is 38.0 Å². The molecule has 0 bridgehead atoms. The van der Waals surface area contributed by atoms with Gasteiger partial charge in [-0.2, -0.15) is 0 Å². The van der Waals surface area contributed by atoms with E-state index in [9.17, 15) is 9.90 Å². The Morgan fingerprint density at radius 3 is 2.29 bits per heavy atom. The van der Waals surface area contributed by atoms with Crippen LogP contribution in [0.1, 0.15) is 52.9 Å². The second-order valence-corrected chi connectivity index (χ2v) is 6.86. The molecule has 2 N–H and O–H groups in total. The molecule has 98 valence electrons. The van der Waals surface area contributed by atoms with Crippen molar-refractivity contribution in [1.29, 1.82) is 0 Å². The molecule has 0 saturated heterocycles. The van der Waals surface area contributed by atoms with E-state index < -0.39 is 0 Å². The summed E-state index contributed by atoms with van der Waals surface area (Å²) >= 11 is 0. The zero-order valence-corrected chi connectivity index (χ0v) is 11.3. The van der Waals surface area contributed by atoms with Gasteiger partial charge in [0.05, 0.1) is 12.1 Å². The first-order valence-corrected chi connectivity index (χ1v) is 6.81. The van der Waals surface area contributed by atoms with Gasteiger partial charge in [-0.15, -0.1) is 0 Å². The zero-order chi connectivity index (χ0) is 12.7. The SMILES string of the molecule is CC1CCC(CO)(NC(=O)C2CC2(C)C)CC1. The molecular weight excluding hydrogens is 214 g/mol. The van der Waals surface area contributed by atoms with Gasteiger partial charge < -0.3 is 10.4 Å². The molecule has 0 aromatic rings. The number of carbonyl (C=O) groups is 1. The summed E-state index contributed by atoms with van der Waals surface area (Å²) in [5.74, 6) is 1.04. The van der Waals surface area contributed by atoms with E-state index in [-0.39, 0.29) is 29.4 Å². The van der Waals surface area contributed by atoms with Gasteiger partial charge in [0.25, 0.3) is 0 Å². The summed E-state index contributed by atoms with van der Waals surface area (Å²) < 4.78 is 0. The highest BCUT2D eigenvalue weighted by Crippen LogP contribution is 2.52. The van der Waals surface area contributed by atoms with Gasteiger partial charge in [-0.25, -0.2) is 0 Å². The lowest BCUT2D eigenvalue weighted by Crippen LogP contribution is -2.54. The van der Waals surface area contributed by atoms with Crippen LogP contribution in [0.15, 0.2) is 0 Å². The van der Waals surface area contributed by atoms with Crippen LogP contribution in [0, 0.1) is 17.3 Å². The molecule has 3 nitrogen and oxygen atoms in total. The van der Waals surface area contributed by atoms with Gasteiger partial charge in [0.15, 0.2) is 0 Å². The van der Waals surface area contributed by atoms with Crippen LogP contribution < -0.4 is 5.32 Å². The molecule has 2 aliphatic carbocycles. The number of hydrogen-bond acceptors (Lipinski definition) is 2. The Morgan fingerprint density at radius 2 is 1.88 bits per heavy atom. The third-order valence-corrected chi connectivity index (χ3v) is 4.75. The molecule has 0 aromatic carbocycles. The summed E-state index contributed by atoms with van der Waals surface area (Å²) in [6.45, 7) is 6.59. The standard InChI is InChI=1S/C14H25NO2/c1-10-4-6-14(9-16,7-5-10)15-12(17)11-8-13(11,2)3/h10-11,16H,4-9H2,1-3H3,(H,15,17). The van der Waals surface area contributed by atoms with Crippen LogP contribution >= 0.6 is 0 Å². The highest BCUT2D eigenvalue weighted by Gasteiger charge is 2.52. The number of carbonyl (C=O) groups excluding carboxylic acids is 1. The van der Waals surface area contributed by atoms with Gasteiger partial charge in [-0.1, -0.05) is 20.8 Å². The lowest BCUT2D eigenvalue weighted by Gasteiger charge is -2.39. The molecule has 1 atom stereocenters. The molecule has 2 rings (SSSR count). The molecule has 1 amide bonds. The Morgan fingerprint density at radius 1 is 1.35 bits per heavy atom. The van der Waals surface area contributed by atoms with Crippen LogP contribution in [0.5, 0.6) is 0 Å². The summed E-state index contributed by atoms with van der Waals surface area (Å²) in [7, 11) is 0. The van der Waals surface area contributed by atoms with Crippen LogP contribution in [0.3, 0.4) is 0 Å². The number of aliphatic hydroxyl groups excluding tert-OH is 1. The summed E-state index contributed by atoms with van der Waals surface area (Å²) in [4.78, 5) is 12.1. The van der Waals surface area contributed by atoms with Crippen molar-refractivity contribution in [1.82, 2.24) is 5.32 Å². The number of rotatable bonds is 3. The fourth-order valence-corrected chi connectivity index (χ4v) is 2.90. The maximum atomic E-state index is 12.1. The van der Waals surface area contributed by atoms with Crippen molar-refractivity contribution in [3.8, 4) is 0 Å². The first-order chi connectivity index (χ1) is 7.88. The maximum Gasteiger partial charge on any atom is 0.224 e. The largest absolute Gasteiger partial charge is 0.394 e. The quantitative estimate of drug-likeness (QED) is 0.792. The minimum atomic E-state index is -0.331. The average Bonchev–Trinajstić information content (AvgIpc) is 2.92. The number of aliphatic hydroxyl groups is 1. The Hall–Kier alpha value is -0.570. The van der Waals surface area contributed by atoms with Gasteiger partial charge in [0.2, 0.25) is 5.91 Å². The molecule has 2 saturated carbocycles. The van der Waals surface area contributed by atoms with E-state index in [1.165, 1.54) is 0 Å². The van der Waals surface area contributed by atoms with Gasteiger partial charge in [0, 0.05) is 5.92 Å². The van der Waals surface area contributed by atoms with Crippen molar-refractivity contribution in [2.45, 2.75) is 58.4 Å². The van der Waals surface area contributed by atoms with Gasteiger partial charge in [-0.05, 0) is 43.4 Å². The fraction of sp³-hybridized carbons (Fsp3) is 0.929. The van der Waals surface area contributed by atoms with Crippen LogP contribution in [-0.4, -0.2) is 23.2 Å². The summed E-state index contributed by atoms with van der Waals surface area (Å²) in [6, 6.07) is 0. The molecule has 1 unspecified atom stereocenters. The average molecular weight is 239 g/mol. The minimum absolute atomic E-state index is 0.0820. The molecule has 0 aliphatic heterocycles. The maximum absolute atomic E-state index is 12.1. The van der Waals surface area contributed by atoms with E-state index in [0.29, 0.717) is 0 Å². The Balaban J connectivity index is 1.93. The van der Waals surface area contributed by atoms with Crippen LogP contribution in [0.4, 0.5) is 0 Å². The van der Waals surface area contributed by atoms with Crippen LogP contribution in [0.2, 0.25) is 0 Å². The molecule has 2 fully saturated rings. The first-order valence-electron chi connectivity index (χ1n) is 6.81. The molecule has 0 aromatic heterocycles. The topological polar surface area (TPSA) is 49.3 Å². The zero-order valence-electron chi connectivity index (χ0n) is 11.3. The molecule has 0 radical (unpaired) electrons. The molecule has 3 heteroatoms. The fourth-order valence-electron chi connectivity index (χ4n) is 2.90. The van der Waals surface area contributed by atoms with Crippen LogP contribution in [-0.2, 0) is 4.79 Å². The third kappa shape index (κ3) is 2.65. The van der Waals surface area contributed by atoms with Crippen molar-refractivity contribution < 1.29 is 9.90 Å².